The zero-order valence-corrected chi connectivity index (χ0v) is 14.5. The average Bonchev–Trinajstić information content (AvgIpc) is 2.56. The van der Waals surface area contributed by atoms with Crippen LogP contribution in [0, 0.1) is 12.7 Å². The highest BCUT2D eigenvalue weighted by Crippen LogP contribution is 2.22. The van der Waals surface area contributed by atoms with Gasteiger partial charge < -0.3 is 9.80 Å². The number of benzene rings is 2. The molecule has 0 saturated carbocycles. The quantitative estimate of drug-likeness (QED) is 0.794. The van der Waals surface area contributed by atoms with Gasteiger partial charge in [0.1, 0.15) is 5.82 Å². The van der Waals surface area contributed by atoms with E-state index in [4.69, 9.17) is 0 Å². The fourth-order valence-corrected chi connectivity index (χ4v) is 3.24. The van der Waals surface area contributed by atoms with E-state index in [2.05, 4.69) is 46.0 Å². The minimum Gasteiger partial charge on any atom is -0.368 e. The molecule has 0 spiro atoms. The third-order valence-corrected chi connectivity index (χ3v) is 4.78. The number of nitrogens with zero attached hydrogens (tertiary/aromatic N) is 2. The average molecular weight is 377 g/mol. The lowest BCUT2D eigenvalue weighted by Crippen LogP contribution is -2.48. The molecule has 0 N–H and O–H groups in total. The molecule has 1 amide bonds. The Morgan fingerprint density at radius 2 is 1.83 bits per heavy atom. The van der Waals surface area contributed by atoms with E-state index >= 15 is 0 Å². The largest absolute Gasteiger partial charge is 0.368 e. The van der Waals surface area contributed by atoms with Gasteiger partial charge in [0.25, 0.3) is 5.91 Å². The van der Waals surface area contributed by atoms with E-state index in [-0.39, 0.29) is 5.91 Å². The number of anilines is 1. The molecule has 0 atom stereocenters. The molecule has 0 aromatic heterocycles. The zero-order valence-electron chi connectivity index (χ0n) is 12.9. The molecular weight excluding hydrogens is 359 g/mol. The van der Waals surface area contributed by atoms with Crippen LogP contribution in [0.2, 0.25) is 0 Å². The van der Waals surface area contributed by atoms with Crippen molar-refractivity contribution in [3.8, 4) is 0 Å². The number of amides is 1. The van der Waals surface area contributed by atoms with Crippen LogP contribution in [0.5, 0.6) is 0 Å². The van der Waals surface area contributed by atoms with Gasteiger partial charge in [0.05, 0.1) is 5.56 Å². The van der Waals surface area contributed by atoms with E-state index in [1.165, 1.54) is 23.4 Å². The molecule has 1 fully saturated rings. The summed E-state index contributed by atoms with van der Waals surface area (Å²) in [5.74, 6) is -0.518. The highest BCUT2D eigenvalue weighted by molar-refractivity contribution is 9.10. The number of rotatable bonds is 2. The standard InChI is InChI=1S/C18H18BrFN2O/c1-13-3-2-4-15(11-13)21-7-9-22(10-8-21)18(23)16-12-14(20)5-6-17(16)19/h2-6,11-12H,7-10H2,1H3. The second-order valence-electron chi connectivity index (χ2n) is 5.74. The minimum atomic E-state index is -0.394. The van der Waals surface area contributed by atoms with Gasteiger partial charge in [0.15, 0.2) is 0 Å². The van der Waals surface area contributed by atoms with Gasteiger partial charge >= 0.3 is 0 Å². The number of carbonyl (C=O) groups excluding carboxylic acids is 1. The zero-order chi connectivity index (χ0) is 16.4. The van der Waals surface area contributed by atoms with Crippen LogP contribution in [0.3, 0.4) is 0 Å². The van der Waals surface area contributed by atoms with Crippen LogP contribution in [0.4, 0.5) is 10.1 Å². The van der Waals surface area contributed by atoms with Gasteiger partial charge in [-0.1, -0.05) is 12.1 Å². The SMILES string of the molecule is Cc1cccc(N2CCN(C(=O)c3cc(F)ccc3Br)CC2)c1. The second kappa shape index (κ2) is 6.71. The summed E-state index contributed by atoms with van der Waals surface area (Å²) in [5, 5.41) is 0. The van der Waals surface area contributed by atoms with Gasteiger partial charge in [-0.15, -0.1) is 0 Å². The molecule has 1 heterocycles. The fourth-order valence-electron chi connectivity index (χ4n) is 2.82. The molecule has 0 radical (unpaired) electrons. The normalized spacial score (nSPS) is 14.9. The molecule has 0 unspecified atom stereocenters. The van der Waals surface area contributed by atoms with E-state index in [1.807, 2.05) is 6.07 Å². The van der Waals surface area contributed by atoms with E-state index in [9.17, 15) is 9.18 Å². The monoisotopic (exact) mass is 376 g/mol. The molecule has 3 nitrogen and oxygen atoms in total. The summed E-state index contributed by atoms with van der Waals surface area (Å²) in [6, 6.07) is 12.6. The lowest BCUT2D eigenvalue weighted by molar-refractivity contribution is 0.0745. The van der Waals surface area contributed by atoms with Crippen LogP contribution in [0.1, 0.15) is 15.9 Å². The number of aryl methyl sites for hydroxylation is 1. The van der Waals surface area contributed by atoms with Crippen LogP contribution in [-0.2, 0) is 0 Å². The fraction of sp³-hybridized carbons (Fsp3) is 0.278. The summed E-state index contributed by atoms with van der Waals surface area (Å²) >= 11 is 3.33. The Morgan fingerprint density at radius 3 is 2.52 bits per heavy atom. The van der Waals surface area contributed by atoms with Gasteiger partial charge in [-0.05, 0) is 58.7 Å². The summed E-state index contributed by atoms with van der Waals surface area (Å²) in [7, 11) is 0. The smallest absolute Gasteiger partial charge is 0.255 e. The first-order chi connectivity index (χ1) is 11.0. The van der Waals surface area contributed by atoms with Crippen molar-refractivity contribution in [1.29, 1.82) is 0 Å². The summed E-state index contributed by atoms with van der Waals surface area (Å²) in [5.41, 5.74) is 2.79. The van der Waals surface area contributed by atoms with E-state index < -0.39 is 5.82 Å². The topological polar surface area (TPSA) is 23.6 Å². The van der Waals surface area contributed by atoms with Crippen molar-refractivity contribution >= 4 is 27.5 Å². The predicted molar refractivity (Wildman–Crippen MR) is 93.4 cm³/mol. The van der Waals surface area contributed by atoms with E-state index in [0.717, 1.165) is 13.1 Å². The molecular formula is C18H18BrFN2O. The van der Waals surface area contributed by atoms with Crippen molar-refractivity contribution in [2.45, 2.75) is 6.92 Å². The first kappa shape index (κ1) is 16.0. The van der Waals surface area contributed by atoms with Crippen LogP contribution in [0.15, 0.2) is 46.9 Å². The van der Waals surface area contributed by atoms with Gasteiger partial charge in [0, 0.05) is 36.3 Å². The molecule has 3 rings (SSSR count). The molecule has 120 valence electrons. The molecule has 1 saturated heterocycles. The Bertz CT molecular complexity index is 727. The van der Waals surface area contributed by atoms with E-state index in [1.54, 1.807) is 11.0 Å². The molecule has 1 aliphatic rings. The van der Waals surface area contributed by atoms with Gasteiger partial charge in [-0.3, -0.25) is 4.79 Å². The number of piperazine rings is 1. The molecule has 2 aromatic rings. The maximum Gasteiger partial charge on any atom is 0.255 e. The van der Waals surface area contributed by atoms with Crippen LogP contribution >= 0.6 is 15.9 Å². The highest BCUT2D eigenvalue weighted by atomic mass is 79.9. The lowest BCUT2D eigenvalue weighted by Gasteiger charge is -2.36. The van der Waals surface area contributed by atoms with Crippen LogP contribution < -0.4 is 4.90 Å². The molecule has 0 bridgehead atoms. The number of hydrogen-bond acceptors (Lipinski definition) is 2. The predicted octanol–water partition coefficient (Wildman–Crippen LogP) is 3.86. The summed E-state index contributed by atoms with van der Waals surface area (Å²) < 4.78 is 14.0. The molecule has 1 aliphatic heterocycles. The van der Waals surface area contributed by atoms with Crippen molar-refractivity contribution in [2.24, 2.45) is 0 Å². The molecule has 23 heavy (non-hydrogen) atoms. The number of halogens is 2. The first-order valence-electron chi connectivity index (χ1n) is 7.60. The maximum absolute atomic E-state index is 13.4. The third-order valence-electron chi connectivity index (χ3n) is 4.09. The molecule has 2 aromatic carbocycles. The first-order valence-corrected chi connectivity index (χ1v) is 8.40. The van der Waals surface area contributed by atoms with Crippen molar-refractivity contribution < 1.29 is 9.18 Å². The van der Waals surface area contributed by atoms with Gasteiger partial charge in [0.2, 0.25) is 0 Å². The maximum atomic E-state index is 13.4. The van der Waals surface area contributed by atoms with Crippen LogP contribution in [0.25, 0.3) is 0 Å². The van der Waals surface area contributed by atoms with Gasteiger partial charge in [-0.25, -0.2) is 4.39 Å². The summed E-state index contributed by atoms with van der Waals surface area (Å²) in [6.45, 7) is 4.90. The Kier molecular flexibility index (Phi) is 4.66. The van der Waals surface area contributed by atoms with E-state index in [0.29, 0.717) is 23.1 Å². The van der Waals surface area contributed by atoms with Crippen molar-refractivity contribution in [2.75, 3.05) is 31.1 Å². The minimum absolute atomic E-state index is 0.125. The summed E-state index contributed by atoms with van der Waals surface area (Å²) in [4.78, 5) is 16.6. The van der Waals surface area contributed by atoms with Crippen molar-refractivity contribution in [3.63, 3.8) is 0 Å². The molecule has 5 heteroatoms. The lowest BCUT2D eigenvalue weighted by atomic mass is 10.1. The second-order valence-corrected chi connectivity index (χ2v) is 6.60. The summed E-state index contributed by atoms with van der Waals surface area (Å²) in [6.07, 6.45) is 0. The third kappa shape index (κ3) is 3.55. The van der Waals surface area contributed by atoms with Gasteiger partial charge in [-0.2, -0.15) is 0 Å². The number of hydrogen-bond donors (Lipinski definition) is 0. The Balaban J connectivity index is 1.69. The number of carbonyl (C=O) groups is 1. The van der Waals surface area contributed by atoms with Crippen molar-refractivity contribution in [3.05, 3.63) is 63.9 Å². The van der Waals surface area contributed by atoms with Crippen molar-refractivity contribution in [1.82, 2.24) is 4.90 Å². The Hall–Kier alpha value is -1.88. The van der Waals surface area contributed by atoms with Crippen LogP contribution in [-0.4, -0.2) is 37.0 Å². The highest BCUT2D eigenvalue weighted by Gasteiger charge is 2.24. The Labute approximate surface area is 143 Å². The molecule has 0 aliphatic carbocycles. The Morgan fingerprint density at radius 1 is 1.09 bits per heavy atom.